The van der Waals surface area contributed by atoms with Gasteiger partial charge in [-0.2, -0.15) is 10.5 Å². The predicted molar refractivity (Wildman–Crippen MR) is 193 cm³/mol. The van der Waals surface area contributed by atoms with Gasteiger partial charge < -0.3 is 4.57 Å². The van der Waals surface area contributed by atoms with Gasteiger partial charge in [0, 0.05) is 33.2 Å². The van der Waals surface area contributed by atoms with Gasteiger partial charge in [-0.1, -0.05) is 85.8 Å². The number of fused-ring (bicyclic) bond motifs is 3. The second-order valence-corrected chi connectivity index (χ2v) is 12.2. The second-order valence-electron chi connectivity index (χ2n) is 12.2. The summed E-state index contributed by atoms with van der Waals surface area (Å²) in [5, 5.41) is 21.0. The van der Waals surface area contributed by atoms with Crippen molar-refractivity contribution in [2.45, 2.75) is 13.3 Å². The van der Waals surface area contributed by atoms with Gasteiger partial charge in [0.25, 0.3) is 0 Å². The van der Waals surface area contributed by atoms with E-state index in [-0.39, 0.29) is 0 Å². The minimum absolute atomic E-state index is 0.511. The second kappa shape index (κ2) is 12.0. The van der Waals surface area contributed by atoms with Gasteiger partial charge in [0.05, 0.1) is 45.7 Å². The van der Waals surface area contributed by atoms with E-state index in [4.69, 9.17) is 9.97 Å². The minimum Gasteiger partial charge on any atom is -0.309 e. The lowest BCUT2D eigenvalue weighted by Gasteiger charge is -2.14. The summed E-state index contributed by atoms with van der Waals surface area (Å²) in [6.07, 6.45) is 7.58. The van der Waals surface area contributed by atoms with E-state index in [1.807, 2.05) is 54.6 Å². The molecule has 0 amide bonds. The fourth-order valence-corrected chi connectivity index (χ4v) is 6.48. The zero-order valence-corrected chi connectivity index (χ0v) is 26.3. The molecule has 8 rings (SSSR count). The van der Waals surface area contributed by atoms with Crippen LogP contribution >= 0.6 is 0 Å². The van der Waals surface area contributed by atoms with Crippen LogP contribution in [0.5, 0.6) is 0 Å². The number of nitriles is 2. The lowest BCUT2D eigenvalue weighted by Crippen LogP contribution is -2.01. The summed E-state index contributed by atoms with van der Waals surface area (Å²) >= 11 is 0. The number of rotatable bonds is 5. The molecule has 0 spiro atoms. The number of hydrogen-bond acceptors (Lipinski definition) is 4. The summed E-state index contributed by atoms with van der Waals surface area (Å²) < 4.78 is 2.19. The summed E-state index contributed by atoms with van der Waals surface area (Å²) in [5.74, 6) is 1.25. The molecule has 0 saturated carbocycles. The molecule has 5 aromatic carbocycles. The Bertz CT molecular complexity index is 2430. The molecule has 5 heteroatoms. The molecule has 1 unspecified atom stereocenters. The third kappa shape index (κ3) is 5.24. The SMILES string of the molecule is CC1C=CC(c2nc(-c3ccccc3)cc(-c3cccc(-c4ccc(-n5c6ccc(C#N)cc6c6cc(C#N)ccc65)cc4)c3)n2)=CC1. The van der Waals surface area contributed by atoms with E-state index < -0.39 is 0 Å². The molecule has 7 aromatic rings. The maximum absolute atomic E-state index is 9.55. The van der Waals surface area contributed by atoms with Crippen molar-refractivity contribution in [3.63, 3.8) is 0 Å². The summed E-state index contributed by atoms with van der Waals surface area (Å²) in [5.41, 5.74) is 11.2. The van der Waals surface area contributed by atoms with Gasteiger partial charge in [0.2, 0.25) is 0 Å². The smallest absolute Gasteiger partial charge is 0.160 e. The first-order chi connectivity index (χ1) is 23.6. The molecule has 0 saturated heterocycles. The highest BCUT2D eigenvalue weighted by Gasteiger charge is 2.16. The van der Waals surface area contributed by atoms with E-state index in [0.717, 1.165) is 79.0 Å². The molecule has 0 radical (unpaired) electrons. The highest BCUT2D eigenvalue weighted by Crippen LogP contribution is 2.35. The fraction of sp³-hybridized carbons (Fsp3) is 0.0698. The molecule has 0 aliphatic heterocycles. The van der Waals surface area contributed by atoms with Crippen molar-refractivity contribution in [1.82, 2.24) is 14.5 Å². The molecule has 5 nitrogen and oxygen atoms in total. The Labute approximate surface area is 279 Å². The van der Waals surface area contributed by atoms with Crippen LogP contribution < -0.4 is 0 Å². The zero-order chi connectivity index (χ0) is 32.6. The molecule has 2 heterocycles. The Morgan fingerprint density at radius 3 is 1.88 bits per heavy atom. The van der Waals surface area contributed by atoms with Crippen molar-refractivity contribution in [3.05, 3.63) is 157 Å². The van der Waals surface area contributed by atoms with E-state index in [1.54, 1.807) is 0 Å². The van der Waals surface area contributed by atoms with Crippen molar-refractivity contribution < 1.29 is 0 Å². The fourth-order valence-electron chi connectivity index (χ4n) is 6.48. The topological polar surface area (TPSA) is 78.3 Å². The van der Waals surface area contributed by atoms with Gasteiger partial charge in [0.15, 0.2) is 5.82 Å². The molecule has 226 valence electrons. The first kappa shape index (κ1) is 28.9. The van der Waals surface area contributed by atoms with Crippen molar-refractivity contribution in [1.29, 1.82) is 10.5 Å². The molecule has 1 aliphatic carbocycles. The summed E-state index contributed by atoms with van der Waals surface area (Å²) in [6.45, 7) is 2.22. The molecule has 0 fully saturated rings. The lowest BCUT2D eigenvalue weighted by atomic mass is 9.97. The number of hydrogen-bond donors (Lipinski definition) is 0. The van der Waals surface area contributed by atoms with Crippen LogP contribution in [0.2, 0.25) is 0 Å². The molecule has 0 bridgehead atoms. The Kier molecular flexibility index (Phi) is 7.21. The lowest BCUT2D eigenvalue weighted by molar-refractivity contribution is 0.738. The summed E-state index contributed by atoms with van der Waals surface area (Å²) in [6, 6.07) is 45.3. The van der Waals surface area contributed by atoms with Crippen LogP contribution in [0.15, 0.2) is 140 Å². The zero-order valence-electron chi connectivity index (χ0n) is 26.3. The summed E-state index contributed by atoms with van der Waals surface area (Å²) in [4.78, 5) is 10.1. The van der Waals surface area contributed by atoms with Gasteiger partial charge in [-0.15, -0.1) is 0 Å². The number of allylic oxidation sites excluding steroid dienone is 4. The highest BCUT2D eigenvalue weighted by atomic mass is 15.0. The quantitative estimate of drug-likeness (QED) is 0.193. The average molecular weight is 616 g/mol. The molecule has 48 heavy (non-hydrogen) atoms. The first-order valence-electron chi connectivity index (χ1n) is 16.0. The number of nitrogens with zero attached hydrogens (tertiary/aromatic N) is 5. The van der Waals surface area contributed by atoms with Crippen molar-refractivity contribution in [2.24, 2.45) is 5.92 Å². The molecule has 1 atom stereocenters. The number of aromatic nitrogens is 3. The van der Waals surface area contributed by atoms with Gasteiger partial charge in [-0.3, -0.25) is 0 Å². The summed E-state index contributed by atoms with van der Waals surface area (Å²) in [7, 11) is 0. The molecular formula is C43H29N5. The largest absolute Gasteiger partial charge is 0.309 e. The van der Waals surface area contributed by atoms with Gasteiger partial charge in [-0.05, 0) is 84.1 Å². The van der Waals surface area contributed by atoms with Crippen molar-refractivity contribution >= 4 is 27.4 Å². The normalized spacial score (nSPS) is 14.1. The third-order valence-corrected chi connectivity index (χ3v) is 9.01. The molecule has 2 aromatic heterocycles. The van der Waals surface area contributed by atoms with Crippen molar-refractivity contribution in [2.75, 3.05) is 0 Å². The van der Waals surface area contributed by atoms with E-state index in [1.165, 1.54) is 0 Å². The van der Waals surface area contributed by atoms with E-state index >= 15 is 0 Å². The van der Waals surface area contributed by atoms with Gasteiger partial charge in [-0.25, -0.2) is 9.97 Å². The Morgan fingerprint density at radius 2 is 1.25 bits per heavy atom. The highest BCUT2D eigenvalue weighted by molar-refractivity contribution is 6.10. The maximum atomic E-state index is 9.55. The van der Waals surface area contributed by atoms with Crippen LogP contribution in [0.4, 0.5) is 0 Å². The predicted octanol–water partition coefficient (Wildman–Crippen LogP) is 10.3. The van der Waals surface area contributed by atoms with Crippen LogP contribution in [0.3, 0.4) is 0 Å². The molecule has 0 N–H and O–H groups in total. The van der Waals surface area contributed by atoms with Crippen LogP contribution in [0.1, 0.15) is 30.3 Å². The maximum Gasteiger partial charge on any atom is 0.160 e. The molecular weight excluding hydrogens is 587 g/mol. The van der Waals surface area contributed by atoms with Crippen LogP contribution in [-0.2, 0) is 0 Å². The van der Waals surface area contributed by atoms with E-state index in [2.05, 4.69) is 109 Å². The third-order valence-electron chi connectivity index (χ3n) is 9.01. The van der Waals surface area contributed by atoms with Crippen LogP contribution in [0, 0.1) is 28.6 Å². The Hall–Kier alpha value is -6.56. The van der Waals surface area contributed by atoms with Crippen molar-refractivity contribution in [3.8, 4) is 51.5 Å². The monoisotopic (exact) mass is 615 g/mol. The standard InChI is InChI=1S/C43H29N5/c1-28-10-14-33(15-11-28)43-46-39(32-6-3-2-4-7-32)25-40(47-43)35-9-5-8-34(24-35)31-16-18-36(19-17-31)48-41-20-12-29(26-44)22-37(41)38-23-30(27-45)13-21-42(38)48/h2-10,12-25,28H,11H2,1H3. The Balaban J connectivity index is 1.19. The van der Waals surface area contributed by atoms with E-state index in [0.29, 0.717) is 17.0 Å². The Morgan fingerprint density at radius 1 is 0.625 bits per heavy atom. The van der Waals surface area contributed by atoms with Crippen LogP contribution in [0.25, 0.3) is 66.7 Å². The van der Waals surface area contributed by atoms with Crippen LogP contribution in [-0.4, -0.2) is 14.5 Å². The number of benzene rings is 5. The van der Waals surface area contributed by atoms with E-state index in [9.17, 15) is 10.5 Å². The van der Waals surface area contributed by atoms with Gasteiger partial charge in [0.1, 0.15) is 0 Å². The van der Waals surface area contributed by atoms with Gasteiger partial charge >= 0.3 is 0 Å². The minimum atomic E-state index is 0.511. The molecule has 1 aliphatic rings. The first-order valence-corrected chi connectivity index (χ1v) is 16.0. The average Bonchev–Trinajstić information content (AvgIpc) is 3.48.